The predicted molar refractivity (Wildman–Crippen MR) is 55.5 cm³/mol. The van der Waals surface area contributed by atoms with Crippen LogP contribution in [-0.2, 0) is 0 Å². The van der Waals surface area contributed by atoms with Crippen LogP contribution in [-0.4, -0.2) is 5.75 Å². The van der Waals surface area contributed by atoms with E-state index in [-0.39, 0.29) is 0 Å². The maximum atomic E-state index is 3.08. The first-order valence-corrected chi connectivity index (χ1v) is 5.51. The van der Waals surface area contributed by atoms with Gasteiger partial charge in [0.2, 0.25) is 0 Å². The van der Waals surface area contributed by atoms with Gasteiger partial charge in [0, 0.05) is 4.90 Å². The molecule has 65 valence electrons. The molecule has 0 amide bonds. The summed E-state index contributed by atoms with van der Waals surface area (Å²) >= 11 is 1.93. The molecule has 12 heavy (non-hydrogen) atoms. The first-order chi connectivity index (χ1) is 5.93. The number of hydrogen-bond acceptors (Lipinski definition) is 1. The van der Waals surface area contributed by atoms with E-state index in [9.17, 15) is 0 Å². The van der Waals surface area contributed by atoms with Gasteiger partial charge >= 0.3 is 0 Å². The highest BCUT2D eigenvalue weighted by molar-refractivity contribution is 7.99. The van der Waals surface area contributed by atoms with Crippen molar-refractivity contribution in [2.75, 3.05) is 5.75 Å². The molecular formula is C11H15S. The van der Waals surface area contributed by atoms with Crippen molar-refractivity contribution < 1.29 is 0 Å². The molecule has 0 aliphatic rings. The molecular weight excluding hydrogens is 164 g/mol. The lowest BCUT2D eigenvalue weighted by atomic mass is 10.3. The molecule has 0 aliphatic carbocycles. The van der Waals surface area contributed by atoms with E-state index >= 15 is 0 Å². The van der Waals surface area contributed by atoms with Crippen LogP contribution >= 0.6 is 11.8 Å². The van der Waals surface area contributed by atoms with Gasteiger partial charge < -0.3 is 0 Å². The topological polar surface area (TPSA) is 0 Å². The second kappa shape index (κ2) is 6.13. The summed E-state index contributed by atoms with van der Waals surface area (Å²) in [5.74, 6) is 1.24. The van der Waals surface area contributed by atoms with Crippen LogP contribution in [0.15, 0.2) is 29.2 Å². The highest BCUT2D eigenvalue weighted by Gasteiger charge is 1.91. The van der Waals surface area contributed by atoms with Gasteiger partial charge in [0.25, 0.3) is 0 Å². The van der Waals surface area contributed by atoms with Gasteiger partial charge in [-0.2, -0.15) is 0 Å². The van der Waals surface area contributed by atoms with Crippen molar-refractivity contribution in [2.24, 2.45) is 0 Å². The molecule has 0 N–H and O–H groups in total. The highest BCUT2D eigenvalue weighted by Crippen LogP contribution is 2.18. The minimum Gasteiger partial charge on any atom is -0.126 e. The van der Waals surface area contributed by atoms with E-state index in [4.69, 9.17) is 0 Å². The van der Waals surface area contributed by atoms with Crippen LogP contribution in [0.3, 0.4) is 0 Å². The molecule has 0 aromatic heterocycles. The van der Waals surface area contributed by atoms with Gasteiger partial charge in [-0.05, 0) is 30.4 Å². The quantitative estimate of drug-likeness (QED) is 0.490. The third-order valence-corrected chi connectivity index (χ3v) is 2.78. The number of hydrogen-bond donors (Lipinski definition) is 0. The van der Waals surface area contributed by atoms with Crippen molar-refractivity contribution in [2.45, 2.75) is 31.1 Å². The van der Waals surface area contributed by atoms with E-state index in [0.717, 1.165) is 0 Å². The number of rotatable bonds is 5. The summed E-state index contributed by atoms with van der Waals surface area (Å²) < 4.78 is 0. The van der Waals surface area contributed by atoms with Crippen LogP contribution in [0, 0.1) is 6.07 Å². The summed E-state index contributed by atoms with van der Waals surface area (Å²) in [5, 5.41) is 0. The molecule has 1 heteroatoms. The Labute approximate surface area is 79.4 Å². The SMILES string of the molecule is CCCCCSc1c[c]ccc1. The average Bonchev–Trinajstić information content (AvgIpc) is 2.14. The van der Waals surface area contributed by atoms with Gasteiger partial charge in [0.05, 0.1) is 0 Å². The summed E-state index contributed by atoms with van der Waals surface area (Å²) in [6, 6.07) is 11.3. The molecule has 1 radical (unpaired) electrons. The number of unbranched alkanes of at least 4 members (excludes halogenated alkanes) is 2. The molecule has 0 saturated heterocycles. The lowest BCUT2D eigenvalue weighted by molar-refractivity contribution is 0.778. The summed E-state index contributed by atoms with van der Waals surface area (Å²) in [6.45, 7) is 2.24. The van der Waals surface area contributed by atoms with E-state index in [0.29, 0.717) is 0 Å². The smallest absolute Gasteiger partial charge is 0.00781 e. The minimum absolute atomic E-state index is 1.24. The molecule has 0 heterocycles. The average molecular weight is 179 g/mol. The van der Waals surface area contributed by atoms with E-state index in [1.165, 1.54) is 29.9 Å². The predicted octanol–water partition coefficient (Wildman–Crippen LogP) is 3.77. The first-order valence-electron chi connectivity index (χ1n) is 4.52. The van der Waals surface area contributed by atoms with Crippen LogP contribution in [0.4, 0.5) is 0 Å². The molecule has 0 unspecified atom stereocenters. The Hall–Kier alpha value is -0.430. The van der Waals surface area contributed by atoms with E-state index in [2.05, 4.69) is 25.1 Å². The second-order valence-corrected chi connectivity index (χ2v) is 3.96. The van der Waals surface area contributed by atoms with Gasteiger partial charge in [0.1, 0.15) is 0 Å². The Kier molecular flexibility index (Phi) is 4.93. The Bertz CT molecular complexity index is 193. The van der Waals surface area contributed by atoms with E-state index < -0.39 is 0 Å². The molecule has 0 spiro atoms. The Morgan fingerprint density at radius 3 is 3.00 bits per heavy atom. The zero-order valence-corrected chi connectivity index (χ0v) is 8.36. The maximum absolute atomic E-state index is 3.08. The molecule has 0 fully saturated rings. The summed E-state index contributed by atoms with van der Waals surface area (Å²) in [6.07, 6.45) is 3.99. The summed E-state index contributed by atoms with van der Waals surface area (Å²) in [4.78, 5) is 1.34. The third kappa shape index (κ3) is 3.82. The van der Waals surface area contributed by atoms with Crippen LogP contribution in [0.2, 0.25) is 0 Å². The monoisotopic (exact) mass is 179 g/mol. The van der Waals surface area contributed by atoms with Crippen molar-refractivity contribution >= 4 is 11.8 Å². The van der Waals surface area contributed by atoms with Crippen LogP contribution in [0.1, 0.15) is 26.2 Å². The van der Waals surface area contributed by atoms with Crippen molar-refractivity contribution in [3.63, 3.8) is 0 Å². The van der Waals surface area contributed by atoms with Gasteiger partial charge in [-0.25, -0.2) is 0 Å². The van der Waals surface area contributed by atoms with Crippen molar-refractivity contribution in [3.05, 3.63) is 30.3 Å². The van der Waals surface area contributed by atoms with Gasteiger partial charge in [0.15, 0.2) is 0 Å². The normalized spacial score (nSPS) is 10.1. The zero-order valence-electron chi connectivity index (χ0n) is 7.55. The maximum Gasteiger partial charge on any atom is 0.00781 e. The summed E-state index contributed by atoms with van der Waals surface area (Å²) in [7, 11) is 0. The van der Waals surface area contributed by atoms with E-state index in [1.54, 1.807) is 0 Å². The molecule has 0 aliphatic heterocycles. The van der Waals surface area contributed by atoms with E-state index in [1.807, 2.05) is 23.9 Å². The number of benzene rings is 1. The molecule has 0 saturated carbocycles. The first kappa shape index (κ1) is 9.66. The Balaban J connectivity index is 2.16. The van der Waals surface area contributed by atoms with Gasteiger partial charge in [-0.1, -0.05) is 31.9 Å². The standard InChI is InChI=1S/C11H15S/c1-2-3-7-10-12-11-8-5-4-6-9-11/h4-5,8-9H,2-3,7,10H2,1H3. The van der Waals surface area contributed by atoms with Crippen molar-refractivity contribution in [1.29, 1.82) is 0 Å². The fourth-order valence-electron chi connectivity index (χ4n) is 1.01. The second-order valence-electron chi connectivity index (χ2n) is 2.79. The molecule has 0 nitrogen and oxygen atoms in total. The molecule has 1 aromatic carbocycles. The molecule has 1 aromatic rings. The van der Waals surface area contributed by atoms with Crippen LogP contribution in [0.25, 0.3) is 0 Å². The molecule has 0 atom stereocenters. The third-order valence-electron chi connectivity index (χ3n) is 1.70. The Morgan fingerprint density at radius 1 is 1.42 bits per heavy atom. The molecule has 1 rings (SSSR count). The largest absolute Gasteiger partial charge is 0.126 e. The Morgan fingerprint density at radius 2 is 2.33 bits per heavy atom. The minimum atomic E-state index is 1.24. The van der Waals surface area contributed by atoms with Crippen LogP contribution < -0.4 is 0 Å². The highest BCUT2D eigenvalue weighted by atomic mass is 32.2. The zero-order chi connectivity index (χ0) is 8.65. The fraction of sp³-hybridized carbons (Fsp3) is 0.455. The van der Waals surface area contributed by atoms with Crippen molar-refractivity contribution in [3.8, 4) is 0 Å². The van der Waals surface area contributed by atoms with Crippen LogP contribution in [0.5, 0.6) is 0 Å². The van der Waals surface area contributed by atoms with Gasteiger partial charge in [-0.15, -0.1) is 11.8 Å². The fourth-order valence-corrected chi connectivity index (χ4v) is 1.92. The number of thioether (sulfide) groups is 1. The van der Waals surface area contributed by atoms with Gasteiger partial charge in [-0.3, -0.25) is 0 Å². The lowest BCUT2D eigenvalue weighted by Gasteiger charge is -1.99. The summed E-state index contributed by atoms with van der Waals surface area (Å²) in [5.41, 5.74) is 0. The van der Waals surface area contributed by atoms with Crippen molar-refractivity contribution in [1.82, 2.24) is 0 Å². The lowest BCUT2D eigenvalue weighted by Crippen LogP contribution is -1.79. The molecule has 0 bridgehead atoms.